The van der Waals surface area contributed by atoms with E-state index in [1.54, 1.807) is 0 Å². The number of halogens is 2. The van der Waals surface area contributed by atoms with Crippen molar-refractivity contribution in [3.63, 3.8) is 0 Å². The van der Waals surface area contributed by atoms with E-state index >= 15 is 0 Å². The summed E-state index contributed by atoms with van der Waals surface area (Å²) in [6, 6.07) is -1.20. The molecule has 0 aliphatic carbocycles. The molecule has 2 N–H and O–H groups in total. The van der Waals surface area contributed by atoms with Gasteiger partial charge in [0.05, 0.1) is 17.8 Å². The van der Waals surface area contributed by atoms with E-state index in [-0.39, 0.29) is 5.56 Å². The summed E-state index contributed by atoms with van der Waals surface area (Å²) in [5, 5.41) is 8.14. The Labute approximate surface area is 79.7 Å². The van der Waals surface area contributed by atoms with Crippen LogP contribution >= 0.6 is 0 Å². The summed E-state index contributed by atoms with van der Waals surface area (Å²) >= 11 is 0. The van der Waals surface area contributed by atoms with Gasteiger partial charge in [-0.25, -0.2) is 8.78 Å². The van der Waals surface area contributed by atoms with Gasteiger partial charge in [-0.05, 0) is 6.92 Å². The van der Waals surface area contributed by atoms with Gasteiger partial charge in [0.2, 0.25) is 0 Å². The number of nitrogens with zero attached hydrogens (tertiary/aromatic N) is 1. The molecule has 0 aliphatic heterocycles. The topological polar surface area (TPSA) is 57.8 Å². The molecular formula is C8H11F2N3O. The van der Waals surface area contributed by atoms with Crippen LogP contribution in [-0.2, 0) is 0 Å². The number of nitrogens with one attached hydrogen (secondary N) is 2. The summed E-state index contributed by atoms with van der Waals surface area (Å²) in [5.74, 6) is -3.49. The lowest BCUT2D eigenvalue weighted by Crippen LogP contribution is -2.43. The van der Waals surface area contributed by atoms with Gasteiger partial charge >= 0.3 is 0 Å². The van der Waals surface area contributed by atoms with E-state index in [4.69, 9.17) is 0 Å². The van der Waals surface area contributed by atoms with E-state index in [9.17, 15) is 13.6 Å². The summed E-state index contributed by atoms with van der Waals surface area (Å²) in [4.78, 5) is 11.3. The molecule has 1 unspecified atom stereocenters. The number of carbonyl (C=O) groups is 1. The molecule has 0 fully saturated rings. The highest BCUT2D eigenvalue weighted by Gasteiger charge is 2.31. The van der Waals surface area contributed by atoms with Crippen molar-refractivity contribution in [3.8, 4) is 0 Å². The van der Waals surface area contributed by atoms with Gasteiger partial charge in [0.15, 0.2) is 0 Å². The van der Waals surface area contributed by atoms with Crippen molar-refractivity contribution in [2.45, 2.75) is 25.8 Å². The van der Waals surface area contributed by atoms with Crippen molar-refractivity contribution < 1.29 is 13.6 Å². The van der Waals surface area contributed by atoms with E-state index in [0.29, 0.717) is 0 Å². The highest BCUT2D eigenvalue weighted by molar-refractivity contribution is 5.93. The quantitative estimate of drug-likeness (QED) is 0.775. The largest absolute Gasteiger partial charge is 0.343 e. The zero-order valence-corrected chi connectivity index (χ0v) is 7.84. The Morgan fingerprint density at radius 1 is 1.71 bits per heavy atom. The van der Waals surface area contributed by atoms with Crippen molar-refractivity contribution in [1.29, 1.82) is 0 Å². The maximum Gasteiger partial charge on any atom is 0.264 e. The fraction of sp³-hybridized carbons (Fsp3) is 0.500. The van der Waals surface area contributed by atoms with Crippen molar-refractivity contribution in [2.75, 3.05) is 0 Å². The highest BCUT2D eigenvalue weighted by Crippen LogP contribution is 2.16. The fourth-order valence-corrected chi connectivity index (χ4v) is 0.782. The third-order valence-electron chi connectivity index (χ3n) is 1.87. The molecule has 1 rings (SSSR count). The van der Waals surface area contributed by atoms with E-state index in [1.165, 1.54) is 19.3 Å². The fourth-order valence-electron chi connectivity index (χ4n) is 0.782. The molecule has 1 heterocycles. The van der Waals surface area contributed by atoms with Gasteiger partial charge in [-0.3, -0.25) is 9.89 Å². The SMILES string of the molecule is CC(NC(=O)c1cn[nH]c1)C(C)(F)F. The average Bonchev–Trinajstić information content (AvgIpc) is 2.53. The van der Waals surface area contributed by atoms with Crippen molar-refractivity contribution >= 4 is 5.91 Å². The second-order valence-electron chi connectivity index (χ2n) is 3.14. The summed E-state index contributed by atoms with van der Waals surface area (Å²) < 4.78 is 25.4. The summed E-state index contributed by atoms with van der Waals surface area (Å²) in [5.41, 5.74) is 0.237. The molecule has 0 bridgehead atoms. The molecule has 0 aliphatic rings. The second-order valence-corrected chi connectivity index (χ2v) is 3.14. The van der Waals surface area contributed by atoms with Crippen LogP contribution in [0.3, 0.4) is 0 Å². The van der Waals surface area contributed by atoms with E-state index in [1.807, 2.05) is 0 Å². The van der Waals surface area contributed by atoms with Crippen LogP contribution in [-0.4, -0.2) is 28.1 Å². The smallest absolute Gasteiger partial charge is 0.264 e. The van der Waals surface area contributed by atoms with Gasteiger partial charge < -0.3 is 5.32 Å². The highest BCUT2D eigenvalue weighted by atomic mass is 19.3. The van der Waals surface area contributed by atoms with Crippen LogP contribution in [0.4, 0.5) is 8.78 Å². The molecule has 1 aromatic heterocycles. The summed E-state index contributed by atoms with van der Waals surface area (Å²) in [6.45, 7) is 2.01. The first-order valence-electron chi connectivity index (χ1n) is 4.08. The maximum atomic E-state index is 12.7. The first-order chi connectivity index (χ1) is 6.41. The molecule has 1 aromatic rings. The Hall–Kier alpha value is -1.46. The van der Waals surface area contributed by atoms with Crippen LogP contribution in [0.15, 0.2) is 12.4 Å². The molecule has 0 saturated heterocycles. The number of alkyl halides is 2. The predicted molar refractivity (Wildman–Crippen MR) is 46.1 cm³/mol. The third-order valence-corrected chi connectivity index (χ3v) is 1.87. The molecule has 1 amide bonds. The van der Waals surface area contributed by atoms with Gasteiger partial charge in [0, 0.05) is 13.1 Å². The average molecular weight is 203 g/mol. The van der Waals surface area contributed by atoms with E-state index < -0.39 is 17.9 Å². The van der Waals surface area contributed by atoms with Gasteiger partial charge in [0.25, 0.3) is 11.8 Å². The minimum absolute atomic E-state index is 0.237. The number of aromatic amines is 1. The Morgan fingerprint density at radius 3 is 2.79 bits per heavy atom. The lowest BCUT2D eigenvalue weighted by Gasteiger charge is -2.19. The maximum absolute atomic E-state index is 12.7. The number of carbonyl (C=O) groups excluding carboxylic acids is 1. The Bertz CT molecular complexity index is 305. The van der Waals surface area contributed by atoms with E-state index in [2.05, 4.69) is 15.5 Å². The molecule has 0 aromatic carbocycles. The monoisotopic (exact) mass is 203 g/mol. The van der Waals surface area contributed by atoms with Crippen LogP contribution < -0.4 is 5.32 Å². The molecule has 6 heteroatoms. The second kappa shape index (κ2) is 3.73. The van der Waals surface area contributed by atoms with Crippen molar-refractivity contribution in [2.24, 2.45) is 0 Å². The lowest BCUT2D eigenvalue weighted by molar-refractivity contribution is -0.0108. The molecule has 0 spiro atoms. The lowest BCUT2D eigenvalue weighted by atomic mass is 10.2. The minimum Gasteiger partial charge on any atom is -0.343 e. The number of hydrogen-bond acceptors (Lipinski definition) is 2. The number of rotatable bonds is 3. The standard InChI is InChI=1S/C8H11F2N3O/c1-5(8(2,9)10)13-7(14)6-3-11-12-4-6/h3-5H,1-2H3,(H,11,12)(H,13,14). The van der Waals surface area contributed by atoms with Crippen LogP contribution in [0, 0.1) is 0 Å². The van der Waals surface area contributed by atoms with Gasteiger partial charge in [-0.1, -0.05) is 0 Å². The zero-order chi connectivity index (χ0) is 10.8. The molecule has 78 valence electrons. The number of aromatic nitrogens is 2. The minimum atomic E-state index is -2.93. The Balaban J connectivity index is 2.58. The molecule has 0 radical (unpaired) electrons. The van der Waals surface area contributed by atoms with Crippen molar-refractivity contribution in [1.82, 2.24) is 15.5 Å². The zero-order valence-electron chi connectivity index (χ0n) is 7.84. The Kier molecular flexibility index (Phi) is 2.83. The van der Waals surface area contributed by atoms with Crippen LogP contribution in [0.1, 0.15) is 24.2 Å². The van der Waals surface area contributed by atoms with Gasteiger partial charge in [0.1, 0.15) is 0 Å². The molecule has 14 heavy (non-hydrogen) atoms. The van der Waals surface area contributed by atoms with Gasteiger partial charge in [-0.15, -0.1) is 0 Å². The van der Waals surface area contributed by atoms with Crippen LogP contribution in [0.2, 0.25) is 0 Å². The first-order valence-corrected chi connectivity index (χ1v) is 4.08. The first kappa shape index (κ1) is 10.6. The summed E-state index contributed by atoms with van der Waals surface area (Å²) in [7, 11) is 0. The molecular weight excluding hydrogens is 192 g/mol. The van der Waals surface area contributed by atoms with Crippen LogP contribution in [0.25, 0.3) is 0 Å². The molecule has 4 nitrogen and oxygen atoms in total. The van der Waals surface area contributed by atoms with Crippen LogP contribution in [0.5, 0.6) is 0 Å². The Morgan fingerprint density at radius 2 is 2.36 bits per heavy atom. The number of H-pyrrole nitrogens is 1. The van der Waals surface area contributed by atoms with Crippen molar-refractivity contribution in [3.05, 3.63) is 18.0 Å². The third kappa shape index (κ3) is 2.51. The molecule has 1 atom stereocenters. The van der Waals surface area contributed by atoms with Gasteiger partial charge in [-0.2, -0.15) is 5.10 Å². The summed E-state index contributed by atoms with van der Waals surface area (Å²) in [6.07, 6.45) is 2.62. The van der Waals surface area contributed by atoms with E-state index in [0.717, 1.165) is 6.92 Å². The number of amides is 1. The predicted octanol–water partition coefficient (Wildman–Crippen LogP) is 1.18. The number of hydrogen-bond donors (Lipinski definition) is 2. The molecule has 0 saturated carbocycles. The normalized spacial score (nSPS) is 13.7.